The number of hydrogen-bond donors (Lipinski definition) is 1. The zero-order valence-corrected chi connectivity index (χ0v) is 17.6. The average Bonchev–Trinajstić information content (AvgIpc) is 2.93. The van der Waals surface area contributed by atoms with E-state index in [9.17, 15) is 4.79 Å². The normalized spacial score (nSPS) is 15.8. The summed E-state index contributed by atoms with van der Waals surface area (Å²) in [5.74, 6) is 0.939. The van der Waals surface area contributed by atoms with E-state index in [0.29, 0.717) is 25.3 Å². The van der Waals surface area contributed by atoms with Gasteiger partial charge in [0.15, 0.2) is 0 Å². The molecule has 1 fully saturated rings. The van der Waals surface area contributed by atoms with Gasteiger partial charge in [-0.2, -0.15) is 0 Å². The third-order valence-electron chi connectivity index (χ3n) is 5.19. The molecule has 0 radical (unpaired) electrons. The Morgan fingerprint density at radius 2 is 1.97 bits per heavy atom. The molecule has 2 aromatic carbocycles. The molecule has 1 N–H and O–H groups in total. The minimum atomic E-state index is -0.0889. The molecule has 0 atom stereocenters. The lowest BCUT2D eigenvalue weighted by Gasteiger charge is -2.30. The summed E-state index contributed by atoms with van der Waals surface area (Å²) in [7, 11) is 0. The first-order valence-corrected chi connectivity index (χ1v) is 11.2. The molecule has 6 heteroatoms. The van der Waals surface area contributed by atoms with Crippen molar-refractivity contribution in [2.45, 2.75) is 36.0 Å². The zero-order chi connectivity index (χ0) is 20.1. The molecule has 0 aliphatic carbocycles. The molecule has 0 bridgehead atoms. The highest BCUT2D eigenvalue weighted by Crippen LogP contribution is 2.41. The predicted octanol–water partition coefficient (Wildman–Crippen LogP) is 4.48. The summed E-state index contributed by atoms with van der Waals surface area (Å²) in [6.07, 6.45) is 3.68. The number of amidine groups is 1. The first-order valence-electron chi connectivity index (χ1n) is 10.4. The smallest absolute Gasteiger partial charge is 0.251 e. The van der Waals surface area contributed by atoms with Crippen LogP contribution in [-0.4, -0.2) is 49.5 Å². The lowest BCUT2D eigenvalue weighted by Crippen LogP contribution is -2.36. The fourth-order valence-corrected chi connectivity index (χ4v) is 4.69. The van der Waals surface area contributed by atoms with E-state index in [1.54, 1.807) is 11.8 Å². The third-order valence-corrected chi connectivity index (χ3v) is 6.33. The molecule has 5 nitrogen and oxygen atoms in total. The average molecular weight is 410 g/mol. The van der Waals surface area contributed by atoms with Gasteiger partial charge in [-0.25, -0.2) is 4.99 Å². The third kappa shape index (κ3) is 4.65. The Morgan fingerprint density at radius 1 is 1.14 bits per heavy atom. The van der Waals surface area contributed by atoms with Gasteiger partial charge in [0.25, 0.3) is 5.91 Å². The number of amides is 1. The lowest BCUT2D eigenvalue weighted by atomic mass is 10.1. The van der Waals surface area contributed by atoms with Crippen molar-refractivity contribution >= 4 is 29.2 Å². The summed E-state index contributed by atoms with van der Waals surface area (Å²) in [4.78, 5) is 22.3. The fourth-order valence-electron chi connectivity index (χ4n) is 3.70. The molecule has 0 spiro atoms. The SMILES string of the molecule is CCOCCNC(=O)c1ccc2c(c1)N=C(N1CCCCC1)c1ccccc1S2. The zero-order valence-electron chi connectivity index (χ0n) is 16.8. The monoisotopic (exact) mass is 409 g/mol. The predicted molar refractivity (Wildman–Crippen MR) is 117 cm³/mol. The van der Waals surface area contributed by atoms with E-state index < -0.39 is 0 Å². The number of rotatable bonds is 5. The maximum absolute atomic E-state index is 12.5. The van der Waals surface area contributed by atoms with Gasteiger partial charge >= 0.3 is 0 Å². The second kappa shape index (κ2) is 9.46. The summed E-state index contributed by atoms with van der Waals surface area (Å²) in [6, 6.07) is 14.3. The summed E-state index contributed by atoms with van der Waals surface area (Å²) < 4.78 is 5.30. The van der Waals surface area contributed by atoms with Crippen LogP contribution in [0, 0.1) is 0 Å². The van der Waals surface area contributed by atoms with E-state index in [1.165, 1.54) is 29.7 Å². The Hall–Kier alpha value is -2.31. The molecule has 0 saturated carbocycles. The van der Waals surface area contributed by atoms with Crippen LogP contribution in [0.25, 0.3) is 0 Å². The van der Waals surface area contributed by atoms with Gasteiger partial charge in [-0.15, -0.1) is 0 Å². The minimum absolute atomic E-state index is 0.0889. The van der Waals surface area contributed by atoms with Crippen molar-refractivity contribution in [3.63, 3.8) is 0 Å². The van der Waals surface area contributed by atoms with Crippen molar-refractivity contribution in [3.8, 4) is 0 Å². The van der Waals surface area contributed by atoms with E-state index >= 15 is 0 Å². The number of nitrogens with zero attached hydrogens (tertiary/aromatic N) is 2. The van der Waals surface area contributed by atoms with Crippen LogP contribution in [-0.2, 0) is 4.74 Å². The number of aliphatic imine (C=N–C) groups is 1. The minimum Gasteiger partial charge on any atom is -0.380 e. The summed E-state index contributed by atoms with van der Waals surface area (Å²) >= 11 is 1.72. The first kappa shape index (κ1) is 20.0. The molecule has 29 heavy (non-hydrogen) atoms. The van der Waals surface area contributed by atoms with Gasteiger partial charge in [-0.05, 0) is 50.5 Å². The summed E-state index contributed by atoms with van der Waals surface area (Å²) in [5, 5.41) is 2.92. The number of benzene rings is 2. The molecule has 152 valence electrons. The molecular formula is C23H27N3O2S. The Balaban J connectivity index is 1.65. The van der Waals surface area contributed by atoms with Gasteiger partial charge in [-0.3, -0.25) is 4.79 Å². The number of ether oxygens (including phenoxy) is 1. The number of hydrogen-bond acceptors (Lipinski definition) is 5. The summed E-state index contributed by atoms with van der Waals surface area (Å²) in [6.45, 7) is 5.69. The van der Waals surface area contributed by atoms with Crippen molar-refractivity contribution in [1.29, 1.82) is 0 Å². The number of carbonyl (C=O) groups excluding carboxylic acids is 1. The van der Waals surface area contributed by atoms with Crippen LogP contribution in [0.5, 0.6) is 0 Å². The van der Waals surface area contributed by atoms with E-state index in [2.05, 4.69) is 34.5 Å². The Morgan fingerprint density at radius 3 is 2.79 bits per heavy atom. The molecule has 4 rings (SSSR count). The molecule has 2 aliphatic heterocycles. The molecular weight excluding hydrogens is 382 g/mol. The highest BCUT2D eigenvalue weighted by atomic mass is 32.2. The molecule has 1 amide bonds. The van der Waals surface area contributed by atoms with E-state index in [4.69, 9.17) is 9.73 Å². The Kier molecular flexibility index (Phi) is 6.52. The molecule has 0 aromatic heterocycles. The molecule has 2 heterocycles. The van der Waals surface area contributed by atoms with Crippen LogP contribution in [0.4, 0.5) is 5.69 Å². The molecule has 0 unspecified atom stereocenters. The first-order chi connectivity index (χ1) is 14.3. The highest BCUT2D eigenvalue weighted by molar-refractivity contribution is 7.99. The van der Waals surface area contributed by atoms with Gasteiger partial charge < -0.3 is 15.0 Å². The van der Waals surface area contributed by atoms with E-state index in [1.807, 2.05) is 25.1 Å². The Bertz CT molecular complexity index is 907. The Labute approximate surface area is 176 Å². The van der Waals surface area contributed by atoms with Crippen molar-refractivity contribution < 1.29 is 9.53 Å². The standard InChI is InChI=1S/C23H27N3O2S/c1-2-28-15-12-24-23(27)17-10-11-21-19(16-17)25-22(26-13-6-3-7-14-26)18-8-4-5-9-20(18)29-21/h4-5,8-11,16H,2-3,6-7,12-15H2,1H3,(H,24,27). The van der Waals surface area contributed by atoms with Gasteiger partial charge in [0.05, 0.1) is 12.3 Å². The number of piperidine rings is 1. The van der Waals surface area contributed by atoms with Gasteiger partial charge in [0, 0.05) is 47.2 Å². The number of carbonyl (C=O) groups is 1. The van der Waals surface area contributed by atoms with Gasteiger partial charge in [0.1, 0.15) is 5.84 Å². The largest absolute Gasteiger partial charge is 0.380 e. The maximum atomic E-state index is 12.5. The van der Waals surface area contributed by atoms with Crippen molar-refractivity contribution in [3.05, 3.63) is 53.6 Å². The molecule has 2 aliphatic rings. The van der Waals surface area contributed by atoms with Gasteiger partial charge in [-0.1, -0.05) is 30.0 Å². The van der Waals surface area contributed by atoms with E-state index in [-0.39, 0.29) is 5.91 Å². The van der Waals surface area contributed by atoms with Crippen LogP contribution in [0.3, 0.4) is 0 Å². The number of fused-ring (bicyclic) bond motifs is 2. The number of nitrogens with one attached hydrogen (secondary N) is 1. The second-order valence-electron chi connectivity index (χ2n) is 7.22. The van der Waals surface area contributed by atoms with Crippen molar-refractivity contribution in [1.82, 2.24) is 10.2 Å². The van der Waals surface area contributed by atoms with Crippen molar-refractivity contribution in [2.24, 2.45) is 4.99 Å². The van der Waals surface area contributed by atoms with Crippen LogP contribution >= 0.6 is 11.8 Å². The molecule has 2 aromatic rings. The number of likely N-dealkylation sites (tertiary alicyclic amines) is 1. The molecule has 1 saturated heterocycles. The van der Waals surface area contributed by atoms with Crippen LogP contribution in [0.15, 0.2) is 57.2 Å². The lowest BCUT2D eigenvalue weighted by molar-refractivity contribution is 0.0922. The van der Waals surface area contributed by atoms with Crippen molar-refractivity contribution in [2.75, 3.05) is 32.8 Å². The summed E-state index contributed by atoms with van der Waals surface area (Å²) in [5.41, 5.74) is 2.68. The quantitative estimate of drug-likeness (QED) is 0.740. The van der Waals surface area contributed by atoms with Crippen LogP contribution in [0.1, 0.15) is 42.1 Å². The second-order valence-corrected chi connectivity index (χ2v) is 8.30. The van der Waals surface area contributed by atoms with Gasteiger partial charge in [0.2, 0.25) is 0 Å². The van der Waals surface area contributed by atoms with E-state index in [0.717, 1.165) is 29.5 Å². The maximum Gasteiger partial charge on any atom is 0.251 e. The van der Waals surface area contributed by atoms with Crippen LogP contribution < -0.4 is 5.32 Å². The fraction of sp³-hybridized carbons (Fsp3) is 0.391. The topological polar surface area (TPSA) is 53.9 Å². The van der Waals surface area contributed by atoms with Crippen LogP contribution in [0.2, 0.25) is 0 Å². The highest BCUT2D eigenvalue weighted by Gasteiger charge is 2.23.